The molecule has 0 saturated carbocycles. The fourth-order valence-corrected chi connectivity index (χ4v) is 3.11. The van der Waals surface area contributed by atoms with Gasteiger partial charge in [0.15, 0.2) is 0 Å². The summed E-state index contributed by atoms with van der Waals surface area (Å²) in [6.07, 6.45) is 2.66. The maximum Gasteiger partial charge on any atom is 0.408 e. The number of nitrogens with zero attached hydrogens (tertiary/aromatic N) is 1. The molecule has 128 valence electrons. The number of nitrogens with one attached hydrogen (secondary N) is 1. The van der Waals surface area contributed by atoms with Gasteiger partial charge in [0, 0.05) is 0 Å². The van der Waals surface area contributed by atoms with Gasteiger partial charge >= 0.3 is 12.1 Å². The summed E-state index contributed by atoms with van der Waals surface area (Å²) in [7, 11) is 0. The summed E-state index contributed by atoms with van der Waals surface area (Å²) in [5.74, 6) is -1.37. The lowest BCUT2D eigenvalue weighted by atomic mass is 10.1. The standard InChI is InChI=1S/C16H24N2O5/c1-9-7-10-5-6-12(14(20)21)18(10)13(19)11(8-9)17-15(22)23-16(2,3)4/h7,10-12H,5-6,8H2,1-4H3,(H,17,22)(H,20,21)/t10-,11+,12+/m1/s1. The maximum absolute atomic E-state index is 12.7. The predicted octanol–water partition coefficient (Wildman–Crippen LogP) is 1.67. The lowest BCUT2D eigenvalue weighted by Gasteiger charge is -2.29. The Balaban J connectivity index is 2.18. The molecule has 2 aliphatic heterocycles. The third-order valence-electron chi connectivity index (χ3n) is 3.96. The van der Waals surface area contributed by atoms with E-state index in [9.17, 15) is 19.5 Å². The van der Waals surface area contributed by atoms with Gasteiger partial charge < -0.3 is 20.1 Å². The second-order valence-corrected chi connectivity index (χ2v) is 7.16. The number of alkyl carbamates (subject to hydrolysis) is 1. The number of hydrogen-bond donors (Lipinski definition) is 2. The monoisotopic (exact) mass is 324 g/mol. The lowest BCUT2D eigenvalue weighted by Crippen LogP contribution is -2.53. The summed E-state index contributed by atoms with van der Waals surface area (Å²) in [5.41, 5.74) is 0.292. The number of carboxylic acid groups (broad SMARTS) is 1. The Bertz CT molecular complexity index is 549. The molecule has 0 radical (unpaired) electrons. The van der Waals surface area contributed by atoms with Gasteiger partial charge in [-0.25, -0.2) is 9.59 Å². The van der Waals surface area contributed by atoms with Gasteiger partial charge in [0.1, 0.15) is 17.7 Å². The van der Waals surface area contributed by atoms with Gasteiger partial charge in [-0.3, -0.25) is 4.79 Å². The maximum atomic E-state index is 12.7. The Morgan fingerprint density at radius 3 is 2.57 bits per heavy atom. The average Bonchev–Trinajstić information content (AvgIpc) is 2.73. The molecule has 0 aromatic rings. The number of fused-ring (bicyclic) bond motifs is 1. The third kappa shape index (κ3) is 4.03. The molecule has 0 aliphatic carbocycles. The molecular weight excluding hydrogens is 300 g/mol. The van der Waals surface area contributed by atoms with Crippen molar-refractivity contribution in [1.82, 2.24) is 10.2 Å². The van der Waals surface area contributed by atoms with Gasteiger partial charge in [-0.1, -0.05) is 11.6 Å². The first-order valence-electron chi connectivity index (χ1n) is 7.80. The van der Waals surface area contributed by atoms with E-state index in [0.717, 1.165) is 5.57 Å². The highest BCUT2D eigenvalue weighted by molar-refractivity contribution is 5.91. The highest BCUT2D eigenvalue weighted by Gasteiger charge is 2.44. The van der Waals surface area contributed by atoms with Crippen LogP contribution < -0.4 is 5.32 Å². The lowest BCUT2D eigenvalue weighted by molar-refractivity contribution is -0.149. The number of amides is 2. The minimum absolute atomic E-state index is 0.214. The average molecular weight is 324 g/mol. The molecule has 7 heteroatoms. The molecule has 7 nitrogen and oxygen atoms in total. The van der Waals surface area contributed by atoms with E-state index in [-0.39, 0.29) is 11.9 Å². The molecule has 0 bridgehead atoms. The van der Waals surface area contributed by atoms with Gasteiger partial charge in [0.25, 0.3) is 0 Å². The van der Waals surface area contributed by atoms with Crippen LogP contribution >= 0.6 is 0 Å². The van der Waals surface area contributed by atoms with Crippen LogP contribution in [0.2, 0.25) is 0 Å². The number of hydrogen-bond acceptors (Lipinski definition) is 4. The summed E-state index contributed by atoms with van der Waals surface area (Å²) >= 11 is 0. The Morgan fingerprint density at radius 1 is 1.35 bits per heavy atom. The minimum atomic E-state index is -1.01. The number of aliphatic carboxylic acids is 1. The molecule has 1 saturated heterocycles. The fraction of sp³-hybridized carbons (Fsp3) is 0.688. The van der Waals surface area contributed by atoms with E-state index in [1.165, 1.54) is 4.90 Å². The fourth-order valence-electron chi connectivity index (χ4n) is 3.11. The van der Waals surface area contributed by atoms with Gasteiger partial charge in [0.05, 0.1) is 6.04 Å². The Hall–Kier alpha value is -2.05. The molecule has 2 N–H and O–H groups in total. The highest BCUT2D eigenvalue weighted by atomic mass is 16.6. The SMILES string of the molecule is CC1=C[C@H]2CC[C@@H](C(=O)O)N2C(=O)[C@@H](NC(=O)OC(C)(C)C)C1. The van der Waals surface area contributed by atoms with Crippen molar-refractivity contribution in [2.75, 3.05) is 0 Å². The zero-order chi connectivity index (χ0) is 17.4. The molecule has 2 amide bonds. The highest BCUT2D eigenvalue weighted by Crippen LogP contribution is 2.30. The van der Waals surface area contributed by atoms with Gasteiger partial charge in [0.2, 0.25) is 5.91 Å². The van der Waals surface area contributed by atoms with E-state index in [4.69, 9.17) is 4.74 Å². The third-order valence-corrected chi connectivity index (χ3v) is 3.96. The molecule has 0 aromatic carbocycles. The van der Waals surface area contributed by atoms with Crippen molar-refractivity contribution < 1.29 is 24.2 Å². The number of ether oxygens (including phenoxy) is 1. The largest absolute Gasteiger partial charge is 0.480 e. The first-order chi connectivity index (χ1) is 10.6. The van der Waals surface area contributed by atoms with Crippen LogP contribution in [0.4, 0.5) is 4.79 Å². The molecular formula is C16H24N2O5. The molecule has 3 atom stereocenters. The summed E-state index contributed by atoms with van der Waals surface area (Å²) in [4.78, 5) is 37.5. The van der Waals surface area contributed by atoms with Crippen molar-refractivity contribution in [3.05, 3.63) is 11.6 Å². The molecule has 2 aliphatic rings. The van der Waals surface area contributed by atoms with E-state index >= 15 is 0 Å². The van der Waals surface area contributed by atoms with Gasteiger partial charge in [-0.15, -0.1) is 0 Å². The zero-order valence-electron chi connectivity index (χ0n) is 14.0. The molecule has 23 heavy (non-hydrogen) atoms. The van der Waals surface area contributed by atoms with E-state index in [2.05, 4.69) is 5.32 Å². The van der Waals surface area contributed by atoms with Gasteiger partial charge in [-0.05, 0) is 47.0 Å². The number of carbonyl (C=O) groups is 3. The van der Waals surface area contributed by atoms with E-state index in [1.54, 1.807) is 20.8 Å². The molecule has 0 aromatic heterocycles. The topological polar surface area (TPSA) is 95.9 Å². The second kappa shape index (κ2) is 6.22. The van der Waals surface area contributed by atoms with Crippen molar-refractivity contribution >= 4 is 18.0 Å². The normalized spacial score (nSPS) is 27.8. The number of carboxylic acids is 1. The Morgan fingerprint density at radius 2 is 2.00 bits per heavy atom. The van der Waals surface area contributed by atoms with Crippen molar-refractivity contribution in [2.45, 2.75) is 70.7 Å². The van der Waals surface area contributed by atoms with E-state index in [0.29, 0.717) is 19.3 Å². The Labute approximate surface area is 135 Å². The van der Waals surface area contributed by atoms with Crippen molar-refractivity contribution in [2.24, 2.45) is 0 Å². The van der Waals surface area contributed by atoms with Gasteiger partial charge in [-0.2, -0.15) is 0 Å². The molecule has 0 spiro atoms. The van der Waals surface area contributed by atoms with Crippen LogP contribution in [0.3, 0.4) is 0 Å². The molecule has 2 heterocycles. The minimum Gasteiger partial charge on any atom is -0.480 e. The summed E-state index contributed by atoms with van der Waals surface area (Å²) in [5, 5.41) is 11.9. The predicted molar refractivity (Wildman–Crippen MR) is 82.8 cm³/mol. The first-order valence-corrected chi connectivity index (χ1v) is 7.80. The molecule has 1 fully saturated rings. The quantitative estimate of drug-likeness (QED) is 0.753. The van der Waals surface area contributed by atoms with Crippen LogP contribution in [-0.2, 0) is 14.3 Å². The summed E-state index contributed by atoms with van der Waals surface area (Å²) in [6.45, 7) is 7.10. The van der Waals surface area contributed by atoms with Crippen molar-refractivity contribution in [1.29, 1.82) is 0 Å². The molecule has 2 rings (SSSR count). The van der Waals surface area contributed by atoms with Crippen LogP contribution in [0.1, 0.15) is 47.0 Å². The van der Waals surface area contributed by atoms with Crippen LogP contribution in [0, 0.1) is 0 Å². The van der Waals surface area contributed by atoms with Crippen LogP contribution in [0.15, 0.2) is 11.6 Å². The van der Waals surface area contributed by atoms with Crippen molar-refractivity contribution in [3.63, 3.8) is 0 Å². The summed E-state index contributed by atoms with van der Waals surface area (Å²) in [6, 6.07) is -1.85. The van der Waals surface area contributed by atoms with Crippen molar-refractivity contribution in [3.8, 4) is 0 Å². The van der Waals surface area contributed by atoms with E-state index < -0.39 is 29.7 Å². The summed E-state index contributed by atoms with van der Waals surface area (Å²) < 4.78 is 5.19. The second-order valence-electron chi connectivity index (χ2n) is 7.16. The van der Waals surface area contributed by atoms with Crippen LogP contribution in [0.25, 0.3) is 0 Å². The Kier molecular flexibility index (Phi) is 4.68. The first kappa shape index (κ1) is 17.3. The smallest absolute Gasteiger partial charge is 0.408 e. The van der Waals surface area contributed by atoms with Crippen LogP contribution in [-0.4, -0.2) is 51.7 Å². The number of rotatable bonds is 2. The molecule has 0 unspecified atom stereocenters. The zero-order valence-corrected chi connectivity index (χ0v) is 14.0. The van der Waals surface area contributed by atoms with E-state index in [1.807, 2.05) is 13.0 Å². The number of carbonyl (C=O) groups excluding carboxylic acids is 2. The van der Waals surface area contributed by atoms with Crippen LogP contribution in [0.5, 0.6) is 0 Å².